The van der Waals surface area contributed by atoms with Gasteiger partial charge in [-0.2, -0.15) is 13.2 Å². The molecule has 10 heteroatoms. The molecular weight excluding hydrogens is 310 g/mol. The van der Waals surface area contributed by atoms with E-state index in [2.05, 4.69) is 10.3 Å². The predicted molar refractivity (Wildman–Crippen MR) is 65.9 cm³/mol. The molecule has 0 unspecified atom stereocenters. The maximum absolute atomic E-state index is 13.3. The molecule has 2 rings (SSSR count). The van der Waals surface area contributed by atoms with Gasteiger partial charge in [-0.3, -0.25) is 9.69 Å². The molecule has 1 fully saturated rings. The number of halogens is 4. The largest absolute Gasteiger partial charge is 0.465 e. The maximum atomic E-state index is 13.3. The average Bonchev–Trinajstić information content (AvgIpc) is 2.80. The second-order valence-electron chi connectivity index (χ2n) is 4.68. The lowest BCUT2D eigenvalue weighted by atomic mass is 10.2. The van der Waals surface area contributed by atoms with E-state index in [9.17, 15) is 27.2 Å². The molecule has 1 aliphatic rings. The normalized spacial score (nSPS) is 21.7. The van der Waals surface area contributed by atoms with E-state index in [0.29, 0.717) is 4.90 Å². The Morgan fingerprint density at radius 2 is 2.05 bits per heavy atom. The smallest absolute Gasteiger partial charge is 0.433 e. The van der Waals surface area contributed by atoms with Crippen molar-refractivity contribution in [2.45, 2.75) is 24.8 Å². The summed E-state index contributed by atoms with van der Waals surface area (Å²) in [6.07, 6.45) is -8.00. The molecule has 2 amide bonds. The quantitative estimate of drug-likeness (QED) is 0.818. The minimum absolute atomic E-state index is 0.350. The minimum atomic E-state index is -4.68. The first-order valence-corrected chi connectivity index (χ1v) is 6.17. The number of pyridine rings is 1. The van der Waals surface area contributed by atoms with Crippen LogP contribution in [0.1, 0.15) is 12.1 Å². The number of likely N-dealkylation sites (tertiary alicyclic amines) is 1. The molecule has 2 N–H and O–H groups in total. The Kier molecular flexibility index (Phi) is 4.20. The Morgan fingerprint density at radius 1 is 1.36 bits per heavy atom. The summed E-state index contributed by atoms with van der Waals surface area (Å²) in [5, 5.41) is 11.0. The molecule has 6 nitrogen and oxygen atoms in total. The molecule has 0 saturated carbocycles. The van der Waals surface area contributed by atoms with Crippen molar-refractivity contribution >= 4 is 17.8 Å². The van der Waals surface area contributed by atoms with E-state index in [-0.39, 0.29) is 12.2 Å². The number of hydrogen-bond donors (Lipinski definition) is 2. The van der Waals surface area contributed by atoms with Crippen LogP contribution in [0.2, 0.25) is 0 Å². The fraction of sp³-hybridized carbons (Fsp3) is 0.417. The van der Waals surface area contributed by atoms with Crippen molar-refractivity contribution < 1.29 is 32.3 Å². The van der Waals surface area contributed by atoms with E-state index in [0.717, 1.165) is 18.2 Å². The van der Waals surface area contributed by atoms with Crippen LogP contribution in [0.4, 0.5) is 28.2 Å². The number of nitrogens with one attached hydrogen (secondary N) is 1. The lowest BCUT2D eigenvalue weighted by Crippen LogP contribution is -2.42. The number of rotatable bonds is 2. The van der Waals surface area contributed by atoms with Gasteiger partial charge in [-0.15, -0.1) is 0 Å². The van der Waals surface area contributed by atoms with Gasteiger partial charge in [-0.1, -0.05) is 6.07 Å². The van der Waals surface area contributed by atoms with Crippen LogP contribution in [0.25, 0.3) is 0 Å². The maximum Gasteiger partial charge on any atom is 0.433 e. The van der Waals surface area contributed by atoms with Crippen molar-refractivity contribution in [2.75, 3.05) is 11.9 Å². The number of carbonyl (C=O) groups is 2. The molecule has 1 aromatic heterocycles. The summed E-state index contributed by atoms with van der Waals surface area (Å²) < 4.78 is 50.8. The van der Waals surface area contributed by atoms with Crippen molar-refractivity contribution in [1.29, 1.82) is 0 Å². The van der Waals surface area contributed by atoms with Gasteiger partial charge in [-0.25, -0.2) is 14.2 Å². The standard InChI is InChI=1S/C12H11F4N3O3/c13-6-4-7(19(5-6)11(21)22)10(20)18-9-3-1-2-8(17-9)12(14,15)16/h1-3,6-7H,4-5H2,(H,21,22)(H,17,18,20)/t6-,7+/m1/s1. The monoisotopic (exact) mass is 321 g/mol. The summed E-state index contributed by atoms with van der Waals surface area (Å²) >= 11 is 0. The fourth-order valence-electron chi connectivity index (χ4n) is 2.12. The molecular formula is C12H11F4N3O3. The molecule has 2 atom stereocenters. The molecule has 1 saturated heterocycles. The number of nitrogens with zero attached hydrogens (tertiary/aromatic N) is 2. The van der Waals surface area contributed by atoms with Gasteiger partial charge in [0.25, 0.3) is 0 Å². The number of alkyl halides is 4. The fourth-order valence-corrected chi connectivity index (χ4v) is 2.12. The first kappa shape index (κ1) is 16.0. The summed E-state index contributed by atoms with van der Waals surface area (Å²) in [4.78, 5) is 26.7. The van der Waals surface area contributed by atoms with E-state index < -0.39 is 42.6 Å². The van der Waals surface area contributed by atoms with Crippen LogP contribution < -0.4 is 5.32 Å². The predicted octanol–water partition coefficient (Wildman–Crippen LogP) is 2.13. The van der Waals surface area contributed by atoms with Gasteiger partial charge in [0.1, 0.15) is 23.7 Å². The topological polar surface area (TPSA) is 82.5 Å². The van der Waals surface area contributed by atoms with Crippen LogP contribution in [0.3, 0.4) is 0 Å². The SMILES string of the molecule is O=C(Nc1cccc(C(F)(F)F)n1)[C@@H]1C[C@@H](F)CN1C(=O)O. The Labute approximate surface area is 121 Å². The highest BCUT2D eigenvalue weighted by molar-refractivity contribution is 5.96. The number of hydrogen-bond acceptors (Lipinski definition) is 3. The van der Waals surface area contributed by atoms with Crippen LogP contribution in [-0.2, 0) is 11.0 Å². The van der Waals surface area contributed by atoms with Gasteiger partial charge < -0.3 is 10.4 Å². The molecule has 22 heavy (non-hydrogen) atoms. The van der Waals surface area contributed by atoms with Crippen molar-refractivity contribution in [3.05, 3.63) is 23.9 Å². The summed E-state index contributed by atoms with van der Waals surface area (Å²) in [7, 11) is 0. The van der Waals surface area contributed by atoms with Crippen LogP contribution >= 0.6 is 0 Å². The van der Waals surface area contributed by atoms with Crippen molar-refractivity contribution in [3.8, 4) is 0 Å². The third-order valence-electron chi connectivity index (χ3n) is 3.09. The van der Waals surface area contributed by atoms with E-state index in [4.69, 9.17) is 5.11 Å². The number of amides is 2. The van der Waals surface area contributed by atoms with Crippen molar-refractivity contribution in [3.63, 3.8) is 0 Å². The van der Waals surface area contributed by atoms with E-state index >= 15 is 0 Å². The molecule has 1 aliphatic heterocycles. The number of aromatic nitrogens is 1. The number of carbonyl (C=O) groups excluding carboxylic acids is 1. The second-order valence-corrected chi connectivity index (χ2v) is 4.68. The zero-order valence-electron chi connectivity index (χ0n) is 11.0. The Hall–Kier alpha value is -2.39. The Bertz CT molecular complexity index is 593. The Morgan fingerprint density at radius 3 is 2.64 bits per heavy atom. The lowest BCUT2D eigenvalue weighted by molar-refractivity contribution is -0.141. The highest BCUT2D eigenvalue weighted by Gasteiger charge is 2.40. The van der Waals surface area contributed by atoms with Crippen LogP contribution in [0.15, 0.2) is 18.2 Å². The highest BCUT2D eigenvalue weighted by atomic mass is 19.4. The van der Waals surface area contributed by atoms with E-state index in [1.54, 1.807) is 0 Å². The number of carboxylic acid groups (broad SMARTS) is 1. The summed E-state index contributed by atoms with van der Waals surface area (Å²) in [5.74, 6) is -1.30. The first-order valence-electron chi connectivity index (χ1n) is 6.17. The zero-order valence-corrected chi connectivity index (χ0v) is 11.0. The van der Waals surface area contributed by atoms with Crippen molar-refractivity contribution in [2.24, 2.45) is 0 Å². The van der Waals surface area contributed by atoms with E-state index in [1.807, 2.05) is 0 Å². The summed E-state index contributed by atoms with van der Waals surface area (Å²) in [5.41, 5.74) is -1.20. The van der Waals surface area contributed by atoms with Gasteiger partial charge >= 0.3 is 12.3 Å². The average molecular weight is 321 g/mol. The summed E-state index contributed by atoms with van der Waals surface area (Å²) in [6, 6.07) is 1.60. The minimum Gasteiger partial charge on any atom is -0.465 e. The first-order chi connectivity index (χ1) is 10.2. The zero-order chi connectivity index (χ0) is 16.5. The van der Waals surface area contributed by atoms with Gasteiger partial charge in [0.2, 0.25) is 5.91 Å². The molecule has 120 valence electrons. The van der Waals surface area contributed by atoms with Gasteiger partial charge in [0, 0.05) is 6.42 Å². The number of anilines is 1. The molecule has 0 bridgehead atoms. The van der Waals surface area contributed by atoms with Crippen LogP contribution in [0.5, 0.6) is 0 Å². The molecule has 0 spiro atoms. The second kappa shape index (κ2) is 5.78. The molecule has 2 heterocycles. The summed E-state index contributed by atoms with van der Waals surface area (Å²) in [6.45, 7) is -0.455. The van der Waals surface area contributed by atoms with Gasteiger partial charge in [-0.05, 0) is 12.1 Å². The lowest BCUT2D eigenvalue weighted by Gasteiger charge is -2.20. The Balaban J connectivity index is 2.13. The van der Waals surface area contributed by atoms with Gasteiger partial charge in [0.05, 0.1) is 6.54 Å². The highest BCUT2D eigenvalue weighted by Crippen LogP contribution is 2.28. The third-order valence-corrected chi connectivity index (χ3v) is 3.09. The molecule has 0 radical (unpaired) electrons. The molecule has 1 aromatic rings. The van der Waals surface area contributed by atoms with Crippen LogP contribution in [0, 0.1) is 0 Å². The van der Waals surface area contributed by atoms with Crippen molar-refractivity contribution in [1.82, 2.24) is 9.88 Å². The van der Waals surface area contributed by atoms with E-state index in [1.165, 1.54) is 0 Å². The molecule has 0 aromatic carbocycles. The molecule has 0 aliphatic carbocycles. The third kappa shape index (κ3) is 3.43. The van der Waals surface area contributed by atoms with Crippen LogP contribution in [-0.4, -0.2) is 45.7 Å². The van der Waals surface area contributed by atoms with Gasteiger partial charge in [0.15, 0.2) is 0 Å².